The van der Waals surface area contributed by atoms with E-state index in [4.69, 9.17) is 0 Å². The summed E-state index contributed by atoms with van der Waals surface area (Å²) in [6.45, 7) is 99.9. The van der Waals surface area contributed by atoms with Crippen molar-refractivity contribution in [2.75, 3.05) is 0 Å². The molecule has 0 nitrogen and oxygen atoms in total. The Balaban J connectivity index is -0.000000291. The highest BCUT2D eigenvalue weighted by Gasteiger charge is 2.43. The lowest BCUT2D eigenvalue weighted by Gasteiger charge is -2.49. The van der Waals surface area contributed by atoms with Gasteiger partial charge in [0.25, 0.3) is 0 Å². The van der Waals surface area contributed by atoms with E-state index in [9.17, 15) is 0 Å². The molecule has 0 radical (unpaired) electrons. The molecule has 88 heavy (non-hydrogen) atoms. The Bertz CT molecular complexity index is 1510. The molecule has 0 aromatic heterocycles. The second-order valence-electron chi connectivity index (χ2n) is 42.0. The highest BCUT2D eigenvalue weighted by Crippen LogP contribution is 2.52. The predicted molar refractivity (Wildman–Crippen MR) is 415 cm³/mol. The van der Waals surface area contributed by atoms with Gasteiger partial charge in [-0.05, 0) is 157 Å². The van der Waals surface area contributed by atoms with Gasteiger partial charge in [-0.3, -0.25) is 0 Å². The zero-order chi connectivity index (χ0) is 71.2. The summed E-state index contributed by atoms with van der Waals surface area (Å²) in [5, 5.41) is 0. The zero-order valence-corrected chi connectivity index (χ0v) is 71.2. The fraction of sp³-hybridized carbons (Fsp3) is 1.00. The first-order chi connectivity index (χ1) is 39.0. The van der Waals surface area contributed by atoms with Crippen molar-refractivity contribution < 1.29 is 0 Å². The van der Waals surface area contributed by atoms with E-state index in [0.29, 0.717) is 65.0 Å². The van der Waals surface area contributed by atoms with Crippen LogP contribution >= 0.6 is 0 Å². The standard InChI is InChI=1S/C11H22.C11H24.C10H22.C9H18.2C8H16.3C8H18.C7H14/c1-9-10(2,3)7-6-8-11(9,4)5;1-9(2,3)11(7,8)10(4,5)6;1-8(9(2,3)4)10(5,6)7;1-8-4-6-9(2,3)7-5-8;1-8(2)6-4-3-5-7-8;1-2-8-6-4-3-5-7-8;1-7(2,3)8(4,5)6;1-6-8(4,5)7(2)3;1-6(2)8(5)7(3)4;1-2-7-5-3-4-6-7/h9H,6-8H2,1-5H3;1-8H3;8H,1-7H3;8H,4-7H2,1-3H3;3-7H2,1-2H3;8H,2-7H2,1H3;1-6H3;7H,6H2,1-5H3;6-8H,1-5H3;7H,2-6H2,1H3. The van der Waals surface area contributed by atoms with Crippen molar-refractivity contribution in [3.05, 3.63) is 0 Å². The molecule has 538 valence electrons. The van der Waals surface area contributed by atoms with Crippen LogP contribution in [0.3, 0.4) is 0 Å². The van der Waals surface area contributed by atoms with E-state index in [1.807, 2.05) is 0 Å². The van der Waals surface area contributed by atoms with Crippen molar-refractivity contribution in [3.8, 4) is 0 Å². The van der Waals surface area contributed by atoms with Gasteiger partial charge in [-0.15, -0.1) is 0 Å². The molecule has 0 amide bonds. The average molecular weight is 1240 g/mol. The maximum atomic E-state index is 2.42. The Morgan fingerprint density at radius 1 is 0.341 bits per heavy atom. The van der Waals surface area contributed by atoms with E-state index in [0.717, 1.165) is 53.3 Å². The molecule has 0 N–H and O–H groups in total. The third-order valence-corrected chi connectivity index (χ3v) is 26.4. The summed E-state index contributed by atoms with van der Waals surface area (Å²) in [7, 11) is 0. The van der Waals surface area contributed by atoms with Crippen molar-refractivity contribution in [2.45, 2.75) is 452 Å². The average Bonchev–Trinajstić information content (AvgIpc) is 4.05. The number of rotatable bonds is 6. The third-order valence-electron chi connectivity index (χ3n) is 26.4. The molecule has 0 aliphatic heterocycles. The quantitative estimate of drug-likeness (QED) is 0.249. The van der Waals surface area contributed by atoms with Crippen LogP contribution in [0.5, 0.6) is 0 Å². The first-order valence-electron chi connectivity index (χ1n) is 39.0. The predicted octanol–water partition coefficient (Wildman–Crippen LogP) is 32.5. The molecular weight excluding hydrogens is 1060 g/mol. The monoisotopic (exact) mass is 1240 g/mol. The van der Waals surface area contributed by atoms with Crippen LogP contribution in [0.2, 0.25) is 0 Å². The largest absolute Gasteiger partial charge is 0.0651 e. The van der Waals surface area contributed by atoms with Crippen LogP contribution in [0, 0.1) is 118 Å². The Labute approximate surface area is 567 Å². The molecule has 5 aliphatic rings. The first-order valence-corrected chi connectivity index (χ1v) is 39.0. The van der Waals surface area contributed by atoms with E-state index in [1.54, 1.807) is 0 Å². The van der Waals surface area contributed by atoms with Gasteiger partial charge < -0.3 is 0 Å². The molecule has 5 fully saturated rings. The highest BCUT2D eigenvalue weighted by atomic mass is 14.5. The lowest BCUT2D eigenvalue weighted by atomic mass is 9.56. The van der Waals surface area contributed by atoms with E-state index in [2.05, 4.69) is 298 Å². The number of hydrogen-bond donors (Lipinski definition) is 0. The van der Waals surface area contributed by atoms with Gasteiger partial charge in [0, 0.05) is 0 Å². The van der Waals surface area contributed by atoms with Crippen LogP contribution < -0.4 is 0 Å². The van der Waals surface area contributed by atoms with Crippen molar-refractivity contribution in [1.29, 1.82) is 0 Å². The molecule has 0 heteroatoms. The molecule has 0 aromatic carbocycles. The van der Waals surface area contributed by atoms with E-state index < -0.39 is 0 Å². The molecule has 0 spiro atoms. The SMILES string of the molecule is CC(C(C)(C)C)C(C)(C)C.CC(C)(C)C(C)(C)C.CC(C)(C)C(C)(C)C(C)(C)C.CC(C)C(C)C(C)C.CC1(C)CCCCC1.CC1C(C)(C)CCCC1(C)C.CC1CCC(C)(C)CC1.CCC(C)(C)C(C)C.CCC1CCCC1.CCC1CCCCC1. The Hall–Kier alpha value is 0. The van der Waals surface area contributed by atoms with Crippen molar-refractivity contribution in [3.63, 3.8) is 0 Å². The second-order valence-corrected chi connectivity index (χ2v) is 42.0. The summed E-state index contributed by atoms with van der Waals surface area (Å²) in [5.74, 6) is 8.18. The summed E-state index contributed by atoms with van der Waals surface area (Å²) in [5.41, 5.74) is 5.92. The van der Waals surface area contributed by atoms with Gasteiger partial charge >= 0.3 is 0 Å². The third kappa shape index (κ3) is 45.4. The fourth-order valence-corrected chi connectivity index (χ4v) is 12.2. The summed E-state index contributed by atoms with van der Waals surface area (Å²) in [4.78, 5) is 0. The van der Waals surface area contributed by atoms with Crippen LogP contribution in [-0.4, -0.2) is 0 Å². The van der Waals surface area contributed by atoms with Gasteiger partial charge in [-0.2, -0.15) is 0 Å². The fourth-order valence-electron chi connectivity index (χ4n) is 12.2. The van der Waals surface area contributed by atoms with Crippen molar-refractivity contribution in [1.82, 2.24) is 0 Å². The van der Waals surface area contributed by atoms with Crippen LogP contribution in [-0.2, 0) is 0 Å². The lowest BCUT2D eigenvalue weighted by Crippen LogP contribution is -2.41. The maximum absolute atomic E-state index is 2.42. The summed E-state index contributed by atoms with van der Waals surface area (Å²) in [6, 6.07) is 0. The van der Waals surface area contributed by atoms with Crippen LogP contribution in [0.4, 0.5) is 0 Å². The highest BCUT2D eigenvalue weighted by molar-refractivity contribution is 4.92. The smallest absolute Gasteiger partial charge is 0.0257 e. The van der Waals surface area contributed by atoms with Gasteiger partial charge in [0.15, 0.2) is 0 Å². The van der Waals surface area contributed by atoms with Crippen LogP contribution in [0.25, 0.3) is 0 Å². The van der Waals surface area contributed by atoms with Gasteiger partial charge in [0.05, 0.1) is 0 Å². The molecule has 5 aliphatic carbocycles. The van der Waals surface area contributed by atoms with Gasteiger partial charge in [0.1, 0.15) is 0 Å². The van der Waals surface area contributed by atoms with E-state index in [-0.39, 0.29) is 0 Å². The molecule has 0 atom stereocenters. The molecule has 0 aromatic rings. The van der Waals surface area contributed by atoms with Crippen molar-refractivity contribution >= 4 is 0 Å². The van der Waals surface area contributed by atoms with Crippen LogP contribution in [0.1, 0.15) is 452 Å². The normalized spacial score (nSPS) is 20.3. The van der Waals surface area contributed by atoms with Gasteiger partial charge in [-0.1, -0.05) is 413 Å². The Kier molecular flexibility index (Phi) is 46.7. The van der Waals surface area contributed by atoms with E-state index >= 15 is 0 Å². The zero-order valence-electron chi connectivity index (χ0n) is 71.2. The summed E-state index contributed by atoms with van der Waals surface area (Å²) in [6.07, 6.45) is 35.0. The molecular formula is C88H186. The summed E-state index contributed by atoms with van der Waals surface area (Å²) >= 11 is 0. The number of hydrogen-bond acceptors (Lipinski definition) is 0. The minimum Gasteiger partial charge on any atom is -0.0651 e. The molecule has 0 saturated heterocycles. The summed E-state index contributed by atoms with van der Waals surface area (Å²) < 4.78 is 0. The molecule has 5 rings (SSSR count). The minimum absolute atomic E-state index is 0.375. The topological polar surface area (TPSA) is 0 Å². The Morgan fingerprint density at radius 3 is 0.761 bits per heavy atom. The van der Waals surface area contributed by atoms with Crippen molar-refractivity contribution in [2.24, 2.45) is 118 Å². The van der Waals surface area contributed by atoms with Gasteiger partial charge in [-0.25, -0.2) is 0 Å². The maximum Gasteiger partial charge on any atom is -0.0257 e. The Morgan fingerprint density at radius 2 is 0.625 bits per heavy atom. The molecule has 0 bridgehead atoms. The second kappa shape index (κ2) is 42.5. The van der Waals surface area contributed by atoms with Crippen LogP contribution in [0.15, 0.2) is 0 Å². The molecule has 5 saturated carbocycles. The minimum atomic E-state index is 0.375. The lowest BCUT2D eigenvalue weighted by molar-refractivity contribution is 0.00575. The van der Waals surface area contributed by atoms with Gasteiger partial charge in [0.2, 0.25) is 0 Å². The first kappa shape index (κ1) is 96.7. The van der Waals surface area contributed by atoms with E-state index in [1.165, 1.54) is 154 Å². The molecule has 0 unspecified atom stereocenters. The molecule has 0 heterocycles.